The van der Waals surface area contributed by atoms with Crippen LogP contribution in [0.4, 0.5) is 4.39 Å². The summed E-state index contributed by atoms with van der Waals surface area (Å²) in [6.45, 7) is 3.88. The van der Waals surface area contributed by atoms with Gasteiger partial charge in [0.25, 0.3) is 0 Å². The molecule has 82 valence electrons. The highest BCUT2D eigenvalue weighted by molar-refractivity contribution is 7.71. The number of halogens is 1. The SMILES string of the molecule is CC(C)n1c(=S)[nH]c2ccc(F)c(C#N)c21. The topological polar surface area (TPSA) is 44.5 Å². The molecule has 1 aromatic heterocycles. The molecule has 1 N–H and O–H groups in total. The molecule has 2 rings (SSSR count). The Morgan fingerprint density at radius 1 is 1.50 bits per heavy atom. The van der Waals surface area contributed by atoms with Gasteiger partial charge in [0.05, 0.1) is 11.0 Å². The van der Waals surface area contributed by atoms with Crippen molar-refractivity contribution in [1.29, 1.82) is 5.26 Å². The molecule has 0 saturated carbocycles. The van der Waals surface area contributed by atoms with Gasteiger partial charge >= 0.3 is 0 Å². The van der Waals surface area contributed by atoms with E-state index in [1.807, 2.05) is 19.9 Å². The number of hydrogen-bond acceptors (Lipinski definition) is 2. The van der Waals surface area contributed by atoms with Crippen LogP contribution in [0.5, 0.6) is 0 Å². The molecule has 0 amide bonds. The van der Waals surface area contributed by atoms with E-state index in [1.54, 1.807) is 10.6 Å². The Hall–Kier alpha value is -1.67. The number of nitrogens with one attached hydrogen (secondary N) is 1. The van der Waals surface area contributed by atoms with Crippen molar-refractivity contribution in [3.8, 4) is 6.07 Å². The largest absolute Gasteiger partial charge is 0.331 e. The Morgan fingerprint density at radius 3 is 2.75 bits per heavy atom. The Balaban J connectivity index is 3.02. The summed E-state index contributed by atoms with van der Waals surface area (Å²) in [6.07, 6.45) is 0. The summed E-state index contributed by atoms with van der Waals surface area (Å²) < 4.78 is 15.8. The molecule has 5 heteroatoms. The van der Waals surface area contributed by atoms with Gasteiger partial charge in [0.2, 0.25) is 0 Å². The van der Waals surface area contributed by atoms with Gasteiger partial charge in [-0.15, -0.1) is 0 Å². The molecule has 0 radical (unpaired) electrons. The maximum atomic E-state index is 13.5. The molecule has 16 heavy (non-hydrogen) atoms. The molecule has 0 aliphatic heterocycles. The summed E-state index contributed by atoms with van der Waals surface area (Å²) in [5.74, 6) is -0.515. The first-order valence-corrected chi connectivity index (χ1v) is 5.30. The van der Waals surface area contributed by atoms with Crippen LogP contribution >= 0.6 is 12.2 Å². The molecule has 0 saturated heterocycles. The third kappa shape index (κ3) is 1.42. The molecule has 1 aromatic carbocycles. The minimum absolute atomic E-state index is 0.0403. The van der Waals surface area contributed by atoms with Gasteiger partial charge < -0.3 is 9.55 Å². The highest BCUT2D eigenvalue weighted by Crippen LogP contribution is 2.24. The molecular weight excluding hydrogens is 225 g/mol. The lowest BCUT2D eigenvalue weighted by Gasteiger charge is -2.09. The lowest BCUT2D eigenvalue weighted by atomic mass is 10.2. The quantitative estimate of drug-likeness (QED) is 0.771. The first-order chi connectivity index (χ1) is 7.56. The second-order valence-electron chi connectivity index (χ2n) is 3.82. The van der Waals surface area contributed by atoms with Crippen molar-refractivity contribution in [2.24, 2.45) is 0 Å². The molecule has 2 aromatic rings. The standard InChI is InChI=1S/C11H10FN3S/c1-6(2)15-10-7(5-13)8(12)3-4-9(10)14-11(15)16/h3-4,6H,1-2H3,(H,14,16). The molecular formula is C11H10FN3S. The van der Waals surface area contributed by atoms with E-state index in [0.717, 1.165) is 0 Å². The Morgan fingerprint density at radius 2 is 2.19 bits per heavy atom. The molecule has 0 unspecified atom stereocenters. The third-order valence-corrected chi connectivity index (χ3v) is 2.76. The highest BCUT2D eigenvalue weighted by atomic mass is 32.1. The lowest BCUT2D eigenvalue weighted by molar-refractivity contribution is 0.601. The van der Waals surface area contributed by atoms with Crippen LogP contribution in [-0.4, -0.2) is 9.55 Å². The molecule has 3 nitrogen and oxygen atoms in total. The minimum Gasteiger partial charge on any atom is -0.331 e. The van der Waals surface area contributed by atoms with Crippen molar-refractivity contribution in [3.63, 3.8) is 0 Å². The number of fused-ring (bicyclic) bond motifs is 1. The maximum absolute atomic E-state index is 13.5. The summed E-state index contributed by atoms with van der Waals surface area (Å²) in [7, 11) is 0. The number of hydrogen-bond donors (Lipinski definition) is 1. The van der Waals surface area contributed by atoms with Crippen molar-refractivity contribution in [2.45, 2.75) is 19.9 Å². The smallest absolute Gasteiger partial charge is 0.178 e. The molecule has 0 bridgehead atoms. The van der Waals surface area contributed by atoms with Crippen molar-refractivity contribution >= 4 is 23.3 Å². The second kappa shape index (κ2) is 3.72. The zero-order chi connectivity index (χ0) is 11.9. The first-order valence-electron chi connectivity index (χ1n) is 4.89. The van der Waals surface area contributed by atoms with Gasteiger partial charge in [0.15, 0.2) is 4.77 Å². The van der Waals surface area contributed by atoms with Gasteiger partial charge in [-0.2, -0.15) is 5.26 Å². The molecule has 1 heterocycles. The van der Waals surface area contributed by atoms with Gasteiger partial charge in [-0.25, -0.2) is 4.39 Å². The van der Waals surface area contributed by atoms with Crippen LogP contribution in [0.1, 0.15) is 25.5 Å². The molecule has 0 fully saturated rings. The van der Waals surface area contributed by atoms with Crippen molar-refractivity contribution in [3.05, 3.63) is 28.3 Å². The molecule has 0 atom stereocenters. The average molecular weight is 235 g/mol. The second-order valence-corrected chi connectivity index (χ2v) is 4.21. The Kier molecular flexibility index (Phi) is 2.52. The van der Waals surface area contributed by atoms with E-state index in [9.17, 15) is 4.39 Å². The number of nitriles is 1. The van der Waals surface area contributed by atoms with Crippen molar-refractivity contribution in [1.82, 2.24) is 9.55 Å². The van der Waals surface area contributed by atoms with Gasteiger partial charge in [-0.05, 0) is 38.2 Å². The Labute approximate surface area is 97.1 Å². The molecule has 0 aliphatic carbocycles. The number of aromatic nitrogens is 2. The molecule has 0 spiro atoms. The van der Waals surface area contributed by atoms with Crippen LogP contribution in [0.15, 0.2) is 12.1 Å². The van der Waals surface area contributed by atoms with Crippen LogP contribution in [0.3, 0.4) is 0 Å². The predicted molar refractivity (Wildman–Crippen MR) is 62.2 cm³/mol. The summed E-state index contributed by atoms with van der Waals surface area (Å²) in [6, 6.07) is 4.84. The number of aromatic amines is 1. The fraction of sp³-hybridized carbons (Fsp3) is 0.273. The van der Waals surface area contributed by atoms with E-state index < -0.39 is 5.82 Å². The van der Waals surface area contributed by atoms with E-state index in [-0.39, 0.29) is 11.6 Å². The van der Waals surface area contributed by atoms with Crippen molar-refractivity contribution in [2.75, 3.05) is 0 Å². The van der Waals surface area contributed by atoms with E-state index in [2.05, 4.69) is 4.98 Å². The van der Waals surface area contributed by atoms with Crippen LogP contribution in [0.25, 0.3) is 11.0 Å². The van der Waals surface area contributed by atoms with E-state index >= 15 is 0 Å². The third-order valence-electron chi connectivity index (χ3n) is 2.46. The number of nitrogens with zero attached hydrogens (tertiary/aromatic N) is 2. The zero-order valence-electron chi connectivity index (χ0n) is 8.91. The fourth-order valence-electron chi connectivity index (χ4n) is 1.79. The lowest BCUT2D eigenvalue weighted by Crippen LogP contribution is -2.02. The first kappa shape index (κ1) is 10.8. The summed E-state index contributed by atoms with van der Waals surface area (Å²) in [4.78, 5) is 2.97. The molecule has 0 aliphatic rings. The van der Waals surface area contributed by atoms with Crippen LogP contribution in [-0.2, 0) is 0 Å². The van der Waals surface area contributed by atoms with E-state index in [4.69, 9.17) is 17.5 Å². The highest BCUT2D eigenvalue weighted by Gasteiger charge is 2.14. The predicted octanol–water partition coefficient (Wildman–Crippen LogP) is 3.29. The van der Waals surface area contributed by atoms with Gasteiger partial charge in [0, 0.05) is 6.04 Å². The summed E-state index contributed by atoms with van der Waals surface area (Å²) in [5, 5.41) is 8.98. The number of H-pyrrole nitrogens is 1. The minimum atomic E-state index is -0.515. The van der Waals surface area contributed by atoms with Crippen LogP contribution in [0, 0.1) is 21.9 Å². The fourth-order valence-corrected chi connectivity index (χ4v) is 2.21. The van der Waals surface area contributed by atoms with Crippen LogP contribution in [0.2, 0.25) is 0 Å². The number of benzene rings is 1. The monoisotopic (exact) mass is 235 g/mol. The summed E-state index contributed by atoms with van der Waals surface area (Å²) >= 11 is 5.16. The number of imidazole rings is 1. The van der Waals surface area contributed by atoms with E-state index in [1.165, 1.54) is 6.07 Å². The zero-order valence-corrected chi connectivity index (χ0v) is 9.73. The van der Waals surface area contributed by atoms with Gasteiger partial charge in [0.1, 0.15) is 17.4 Å². The maximum Gasteiger partial charge on any atom is 0.178 e. The number of rotatable bonds is 1. The van der Waals surface area contributed by atoms with Gasteiger partial charge in [-0.3, -0.25) is 0 Å². The normalized spacial score (nSPS) is 10.9. The summed E-state index contributed by atoms with van der Waals surface area (Å²) in [5.41, 5.74) is 1.28. The van der Waals surface area contributed by atoms with Gasteiger partial charge in [-0.1, -0.05) is 0 Å². The average Bonchev–Trinajstić information content (AvgIpc) is 2.54. The van der Waals surface area contributed by atoms with Crippen LogP contribution < -0.4 is 0 Å². The van der Waals surface area contributed by atoms with Crippen molar-refractivity contribution < 1.29 is 4.39 Å². The Bertz CT molecular complexity index is 646. The van der Waals surface area contributed by atoms with E-state index in [0.29, 0.717) is 15.8 Å².